The molecule has 0 aromatic rings. The lowest BCUT2D eigenvalue weighted by Crippen LogP contribution is -3.00. The summed E-state index contributed by atoms with van der Waals surface area (Å²) in [5, 5.41) is 4.99. The van der Waals surface area contributed by atoms with E-state index in [1.807, 2.05) is 0 Å². The van der Waals surface area contributed by atoms with Crippen molar-refractivity contribution in [1.29, 1.82) is 0 Å². The van der Waals surface area contributed by atoms with Crippen molar-refractivity contribution in [2.24, 2.45) is 0 Å². The summed E-state index contributed by atoms with van der Waals surface area (Å²) in [5.74, 6) is -0.191. The van der Waals surface area contributed by atoms with Crippen molar-refractivity contribution in [1.82, 2.24) is 10.6 Å². The van der Waals surface area contributed by atoms with Crippen molar-refractivity contribution in [3.05, 3.63) is 0 Å². The molecule has 0 spiro atoms. The molecule has 0 aromatic carbocycles. The summed E-state index contributed by atoms with van der Waals surface area (Å²) < 4.78 is 9.61. The summed E-state index contributed by atoms with van der Waals surface area (Å²) >= 11 is 0. The fourth-order valence-electron chi connectivity index (χ4n) is 1.43. The molecule has 0 aliphatic heterocycles. The molecule has 0 saturated carbocycles. The molecule has 2 amide bonds. The molecular formula is C14H27IN2O5S. The molecule has 7 nitrogen and oxygen atoms in total. The van der Waals surface area contributed by atoms with Gasteiger partial charge in [-0.15, -0.1) is 0 Å². The van der Waals surface area contributed by atoms with Crippen LogP contribution in [0.2, 0.25) is 0 Å². The first-order valence-corrected chi connectivity index (χ1v) is 9.14. The molecular weight excluding hydrogens is 435 g/mol. The van der Waals surface area contributed by atoms with Gasteiger partial charge in [-0.2, -0.15) is 0 Å². The molecule has 9 heteroatoms. The van der Waals surface area contributed by atoms with E-state index in [-0.39, 0.29) is 41.4 Å². The van der Waals surface area contributed by atoms with Gasteiger partial charge in [-0.05, 0) is 31.7 Å². The number of amides is 2. The van der Waals surface area contributed by atoms with Crippen LogP contribution >= 0.6 is 0 Å². The highest BCUT2D eigenvalue weighted by atomic mass is 127. The first-order valence-electron chi connectivity index (χ1n) is 6.93. The number of esters is 1. The minimum Gasteiger partial charge on any atom is -1.00 e. The fourth-order valence-corrected chi connectivity index (χ4v) is 2.13. The Hall–Kier alpha value is -0.710. The van der Waals surface area contributed by atoms with Crippen molar-refractivity contribution in [2.75, 3.05) is 31.9 Å². The van der Waals surface area contributed by atoms with E-state index in [1.54, 1.807) is 20.8 Å². The second-order valence-corrected chi connectivity index (χ2v) is 8.35. The molecule has 136 valence electrons. The quantitative estimate of drug-likeness (QED) is 0.247. The van der Waals surface area contributed by atoms with Gasteiger partial charge in [0.2, 0.25) is 5.91 Å². The zero-order valence-corrected chi connectivity index (χ0v) is 17.5. The predicted octanol–water partition coefficient (Wildman–Crippen LogP) is -2.56. The van der Waals surface area contributed by atoms with Gasteiger partial charge in [0.1, 0.15) is 23.9 Å². The molecule has 0 rings (SSSR count). The van der Waals surface area contributed by atoms with Crippen LogP contribution in [0.25, 0.3) is 0 Å². The first kappa shape index (κ1) is 24.5. The number of carbonyl (C=O) groups is 3. The SMILES string of the molecule is COC(=O)CNC(=O)[C@H](CC[S+](C)C)NC(=O)OC(C)(C)C.[I-]. The van der Waals surface area contributed by atoms with Crippen molar-refractivity contribution in [3.63, 3.8) is 0 Å². The summed E-state index contributed by atoms with van der Waals surface area (Å²) in [6.45, 7) is 5.00. The van der Waals surface area contributed by atoms with Crippen LogP contribution in [0, 0.1) is 0 Å². The number of hydrogen-bond acceptors (Lipinski definition) is 5. The number of hydrogen-bond donors (Lipinski definition) is 2. The highest BCUT2D eigenvalue weighted by molar-refractivity contribution is 7.95. The van der Waals surface area contributed by atoms with E-state index >= 15 is 0 Å². The average molecular weight is 462 g/mol. The fraction of sp³-hybridized carbons (Fsp3) is 0.786. The molecule has 0 radical (unpaired) electrons. The van der Waals surface area contributed by atoms with Gasteiger partial charge >= 0.3 is 12.1 Å². The smallest absolute Gasteiger partial charge is 0.408 e. The van der Waals surface area contributed by atoms with Crippen LogP contribution < -0.4 is 34.6 Å². The van der Waals surface area contributed by atoms with Gasteiger partial charge in [-0.3, -0.25) is 9.59 Å². The Morgan fingerprint density at radius 3 is 2.17 bits per heavy atom. The van der Waals surface area contributed by atoms with Crippen LogP contribution in [0.15, 0.2) is 0 Å². The molecule has 0 unspecified atom stereocenters. The number of methoxy groups -OCH3 is 1. The lowest BCUT2D eigenvalue weighted by Gasteiger charge is -2.23. The van der Waals surface area contributed by atoms with Crippen LogP contribution in [0.3, 0.4) is 0 Å². The molecule has 0 saturated heterocycles. The zero-order valence-electron chi connectivity index (χ0n) is 14.5. The Kier molecular flexibility index (Phi) is 12.6. The van der Waals surface area contributed by atoms with E-state index < -0.39 is 29.6 Å². The standard InChI is InChI=1S/C14H26N2O5S.HI/c1-14(2,3)21-13(19)16-10(7-8-22(5)6)12(18)15-9-11(17)20-4;/h10H,7-9H2,1-6H3,(H-,15,16,18,19);1H/t10-;/m0./s1. The summed E-state index contributed by atoms with van der Waals surface area (Å²) in [4.78, 5) is 35.0. The van der Waals surface area contributed by atoms with Crippen molar-refractivity contribution in [3.8, 4) is 0 Å². The molecule has 0 heterocycles. The Balaban J connectivity index is 0. The maximum Gasteiger partial charge on any atom is 0.408 e. The van der Waals surface area contributed by atoms with Crippen molar-refractivity contribution >= 4 is 28.9 Å². The molecule has 0 aliphatic rings. The van der Waals surface area contributed by atoms with Gasteiger partial charge in [-0.1, -0.05) is 0 Å². The van der Waals surface area contributed by atoms with E-state index in [4.69, 9.17) is 4.74 Å². The van der Waals surface area contributed by atoms with Crippen LogP contribution in [-0.4, -0.2) is 61.5 Å². The third kappa shape index (κ3) is 13.4. The number of rotatable bonds is 7. The number of carbonyl (C=O) groups excluding carboxylic acids is 3. The third-order valence-corrected chi connectivity index (χ3v) is 3.51. The zero-order chi connectivity index (χ0) is 17.3. The number of nitrogens with one attached hydrogen (secondary N) is 2. The van der Waals surface area contributed by atoms with Gasteiger partial charge in [0.05, 0.1) is 19.6 Å². The summed E-state index contributed by atoms with van der Waals surface area (Å²) in [7, 11) is 1.38. The number of alkyl carbamates (subject to hydrolysis) is 1. The summed E-state index contributed by atoms with van der Waals surface area (Å²) in [5.41, 5.74) is -0.642. The van der Waals surface area contributed by atoms with Crippen LogP contribution in [0.5, 0.6) is 0 Å². The van der Waals surface area contributed by atoms with Crippen LogP contribution in [0.1, 0.15) is 27.2 Å². The van der Waals surface area contributed by atoms with E-state index in [0.717, 1.165) is 5.75 Å². The molecule has 0 bridgehead atoms. The Morgan fingerprint density at radius 2 is 1.74 bits per heavy atom. The normalized spacial score (nSPS) is 12.0. The van der Waals surface area contributed by atoms with Gasteiger partial charge in [0.25, 0.3) is 0 Å². The highest BCUT2D eigenvalue weighted by Crippen LogP contribution is 2.07. The molecule has 0 aromatic heterocycles. The van der Waals surface area contributed by atoms with Gasteiger partial charge < -0.3 is 44.1 Å². The Labute approximate surface area is 158 Å². The van der Waals surface area contributed by atoms with Crippen molar-refractivity contribution in [2.45, 2.75) is 38.8 Å². The predicted molar refractivity (Wildman–Crippen MR) is 86.9 cm³/mol. The summed E-state index contributed by atoms with van der Waals surface area (Å²) in [6.07, 6.45) is 3.92. The lowest BCUT2D eigenvalue weighted by molar-refractivity contribution is -0.141. The molecule has 0 fully saturated rings. The van der Waals surface area contributed by atoms with E-state index in [1.165, 1.54) is 7.11 Å². The number of halogens is 1. The third-order valence-electron chi connectivity index (χ3n) is 2.46. The minimum absolute atomic E-state index is 0. The van der Waals surface area contributed by atoms with Gasteiger partial charge in [0.15, 0.2) is 0 Å². The van der Waals surface area contributed by atoms with Gasteiger partial charge in [0, 0.05) is 6.42 Å². The number of ether oxygens (including phenoxy) is 2. The van der Waals surface area contributed by atoms with E-state index in [9.17, 15) is 14.4 Å². The molecule has 23 heavy (non-hydrogen) atoms. The van der Waals surface area contributed by atoms with Crippen molar-refractivity contribution < 1.29 is 47.8 Å². The monoisotopic (exact) mass is 462 g/mol. The van der Waals surface area contributed by atoms with Crippen LogP contribution in [-0.2, 0) is 30.0 Å². The van der Waals surface area contributed by atoms with Gasteiger partial charge in [-0.25, -0.2) is 4.79 Å². The highest BCUT2D eigenvalue weighted by Gasteiger charge is 2.26. The topological polar surface area (TPSA) is 93.7 Å². The van der Waals surface area contributed by atoms with E-state index in [0.29, 0.717) is 6.42 Å². The van der Waals surface area contributed by atoms with E-state index in [2.05, 4.69) is 27.9 Å². The lowest BCUT2D eigenvalue weighted by atomic mass is 10.2. The minimum atomic E-state index is -0.741. The Bertz CT molecular complexity index is 399. The molecule has 2 N–H and O–H groups in total. The Morgan fingerprint density at radius 1 is 1.17 bits per heavy atom. The average Bonchev–Trinajstić information content (AvgIpc) is 2.37. The first-order chi connectivity index (χ1) is 10.0. The maximum atomic E-state index is 12.1. The summed E-state index contributed by atoms with van der Waals surface area (Å²) in [6, 6.07) is -0.741. The second-order valence-electron chi connectivity index (χ2n) is 5.97. The molecule has 0 aliphatic carbocycles. The molecule has 1 atom stereocenters. The van der Waals surface area contributed by atoms with Crippen LogP contribution in [0.4, 0.5) is 4.79 Å². The second kappa shape index (κ2) is 11.8. The maximum absolute atomic E-state index is 12.1. The largest absolute Gasteiger partial charge is 1.00 e.